The van der Waals surface area contributed by atoms with Gasteiger partial charge in [0.25, 0.3) is 0 Å². The number of urea groups is 2. The maximum atomic E-state index is 14.9. The Hall–Kier alpha value is -4.25. The van der Waals surface area contributed by atoms with Crippen molar-refractivity contribution in [1.29, 1.82) is 0 Å². The largest absolute Gasteiger partial charge is 0.345 e. The molecule has 3 atom stereocenters. The molecule has 0 aromatic heterocycles. The summed E-state index contributed by atoms with van der Waals surface area (Å²) in [6, 6.07) is 2.69. The summed E-state index contributed by atoms with van der Waals surface area (Å²) >= 11 is 0. The molecule has 2 aromatic carbocycles. The molecule has 14 nitrogen and oxygen atoms in total. The lowest BCUT2D eigenvalue weighted by molar-refractivity contribution is -0.127. The zero-order chi connectivity index (χ0) is 38.4. The van der Waals surface area contributed by atoms with E-state index in [4.69, 9.17) is 0 Å². The molecule has 0 spiro atoms. The molecule has 0 bridgehead atoms. The molecule has 2 saturated heterocycles. The normalized spacial score (nSPS) is 20.5. The third-order valence-corrected chi connectivity index (χ3v) is 14.3. The van der Waals surface area contributed by atoms with E-state index < -0.39 is 66.2 Å². The van der Waals surface area contributed by atoms with Crippen LogP contribution in [0.25, 0.3) is 0 Å². The van der Waals surface area contributed by atoms with Crippen molar-refractivity contribution in [2.24, 2.45) is 0 Å². The molecule has 288 valence electrons. The number of hydrogen-bond acceptors (Lipinski definition) is 8. The summed E-state index contributed by atoms with van der Waals surface area (Å²) in [5, 5.41) is 2.50. The van der Waals surface area contributed by atoms with Crippen LogP contribution in [0.2, 0.25) is 0 Å². The monoisotopic (exact) mass is 774 g/mol. The van der Waals surface area contributed by atoms with Crippen molar-refractivity contribution in [2.75, 3.05) is 37.3 Å². The van der Waals surface area contributed by atoms with Gasteiger partial charge in [0.15, 0.2) is 10.5 Å². The summed E-state index contributed by atoms with van der Waals surface area (Å²) in [6.07, 6.45) is 5.64. The van der Waals surface area contributed by atoms with Crippen molar-refractivity contribution >= 4 is 55.3 Å². The first-order chi connectivity index (χ1) is 25.0. The number of nitrogens with zero attached hydrogens (tertiary/aromatic N) is 2. The van der Waals surface area contributed by atoms with Crippen molar-refractivity contribution in [3.63, 3.8) is 0 Å². The third kappa shape index (κ3) is 7.86. The molecule has 17 heteroatoms. The average molecular weight is 775 g/mol. The number of nitrogens with one attached hydrogen (secondary N) is 4. The molecule has 6 amide bonds. The highest BCUT2D eigenvalue weighted by atomic mass is 32.2. The van der Waals surface area contributed by atoms with Gasteiger partial charge in [-0.3, -0.25) is 9.59 Å². The first kappa shape index (κ1) is 38.5. The molecule has 0 saturated carbocycles. The van der Waals surface area contributed by atoms with Gasteiger partial charge in [-0.2, -0.15) is 0 Å². The first-order valence-electron chi connectivity index (χ1n) is 18.2. The summed E-state index contributed by atoms with van der Waals surface area (Å²) in [5.74, 6) is -2.62. The molecule has 4 N–H and O–H groups in total. The summed E-state index contributed by atoms with van der Waals surface area (Å²) in [7, 11) is -7.26. The summed E-state index contributed by atoms with van der Waals surface area (Å²) in [5.41, 5.74) is 6.12. The van der Waals surface area contributed by atoms with Crippen LogP contribution in [0.3, 0.4) is 0 Å². The van der Waals surface area contributed by atoms with E-state index in [0.29, 0.717) is 16.8 Å². The Kier molecular flexibility index (Phi) is 10.8. The Balaban J connectivity index is 1.10. The molecule has 3 unspecified atom stereocenters. The van der Waals surface area contributed by atoms with E-state index in [1.54, 1.807) is 20.8 Å². The molecule has 6 rings (SSSR count). The van der Waals surface area contributed by atoms with Gasteiger partial charge in [0, 0.05) is 38.1 Å². The number of carbonyl (C=O) groups excluding carboxylic acids is 4. The highest BCUT2D eigenvalue weighted by Crippen LogP contribution is 2.39. The van der Waals surface area contributed by atoms with Gasteiger partial charge in [0.05, 0.1) is 0 Å². The Morgan fingerprint density at radius 3 is 1.85 bits per heavy atom. The van der Waals surface area contributed by atoms with Gasteiger partial charge in [-0.05, 0) is 115 Å². The van der Waals surface area contributed by atoms with Crippen LogP contribution >= 0.6 is 0 Å². The smallest absolute Gasteiger partial charge is 0.332 e. The van der Waals surface area contributed by atoms with E-state index in [1.807, 2.05) is 4.72 Å². The number of hydrogen-bond donors (Lipinski definition) is 4. The number of aryl methyl sites for hydroxylation is 2. The minimum absolute atomic E-state index is 0.0236. The topological polar surface area (TPSA) is 191 Å². The molecule has 4 aliphatic rings. The lowest BCUT2D eigenvalue weighted by Gasteiger charge is -2.24. The fourth-order valence-corrected chi connectivity index (χ4v) is 10.7. The van der Waals surface area contributed by atoms with Gasteiger partial charge in [-0.1, -0.05) is 26.8 Å². The number of rotatable bonds is 11. The van der Waals surface area contributed by atoms with Gasteiger partial charge in [0.1, 0.15) is 5.82 Å². The van der Waals surface area contributed by atoms with Crippen LogP contribution in [0.4, 0.5) is 25.4 Å². The van der Waals surface area contributed by atoms with E-state index in [0.717, 1.165) is 49.7 Å². The SMILES string of the molecule is CC(C)c1cc(F)cc(C(C)CCN2CCC(S(=O)(=O)NC(=O)Nc3c4c(cc5c3CCC5)CCC4)C2=O)c1NC(=O)NS(=O)(=O)C1CCN(C)C1=O. The fourth-order valence-electron chi connectivity index (χ4n) is 8.09. The molecule has 2 aliphatic heterocycles. The number of fused-ring (bicyclic) bond motifs is 2. The van der Waals surface area contributed by atoms with E-state index in [2.05, 4.69) is 21.4 Å². The van der Waals surface area contributed by atoms with E-state index in [1.165, 1.54) is 40.1 Å². The predicted molar refractivity (Wildman–Crippen MR) is 197 cm³/mol. The van der Waals surface area contributed by atoms with E-state index >= 15 is 0 Å². The van der Waals surface area contributed by atoms with Crippen LogP contribution in [0.5, 0.6) is 0 Å². The maximum absolute atomic E-state index is 14.9. The van der Waals surface area contributed by atoms with Crippen molar-refractivity contribution in [3.05, 3.63) is 57.4 Å². The average Bonchev–Trinajstić information content (AvgIpc) is 3.88. The number of benzene rings is 2. The lowest BCUT2D eigenvalue weighted by Crippen LogP contribution is -2.44. The van der Waals surface area contributed by atoms with Crippen LogP contribution in [-0.4, -0.2) is 87.7 Å². The van der Waals surface area contributed by atoms with Gasteiger partial charge < -0.3 is 20.4 Å². The second kappa shape index (κ2) is 14.9. The maximum Gasteiger partial charge on any atom is 0.332 e. The van der Waals surface area contributed by atoms with Gasteiger partial charge in [-0.15, -0.1) is 0 Å². The second-order valence-electron chi connectivity index (χ2n) is 14.9. The first-order valence-corrected chi connectivity index (χ1v) is 21.2. The van der Waals surface area contributed by atoms with Crippen LogP contribution in [0, 0.1) is 5.82 Å². The molecule has 0 radical (unpaired) electrons. The zero-order valence-electron chi connectivity index (χ0n) is 30.4. The Labute approximate surface area is 309 Å². The Morgan fingerprint density at radius 1 is 0.774 bits per heavy atom. The van der Waals surface area contributed by atoms with Gasteiger partial charge in [0.2, 0.25) is 31.9 Å². The van der Waals surface area contributed by atoms with Crippen LogP contribution < -0.4 is 20.1 Å². The van der Waals surface area contributed by atoms with Crippen LogP contribution in [0.15, 0.2) is 18.2 Å². The number of sulfonamides is 2. The minimum Gasteiger partial charge on any atom is -0.345 e. The Bertz CT molecular complexity index is 2040. The quantitative estimate of drug-likeness (QED) is 0.265. The lowest BCUT2D eigenvalue weighted by atomic mass is 9.90. The molecule has 2 aromatic rings. The number of halogens is 1. The van der Waals surface area contributed by atoms with Gasteiger partial charge in [-0.25, -0.2) is 40.3 Å². The molecule has 2 fully saturated rings. The van der Waals surface area contributed by atoms with Gasteiger partial charge >= 0.3 is 12.1 Å². The molecule has 53 heavy (non-hydrogen) atoms. The van der Waals surface area contributed by atoms with Crippen LogP contribution in [-0.2, 0) is 55.3 Å². The second-order valence-corrected chi connectivity index (χ2v) is 18.6. The number of amides is 6. The van der Waals surface area contributed by atoms with E-state index in [-0.39, 0.29) is 50.5 Å². The molecule has 2 aliphatic carbocycles. The molecular formula is C36H47FN6O8S2. The number of carbonyl (C=O) groups is 4. The summed E-state index contributed by atoms with van der Waals surface area (Å²) < 4.78 is 71.4. The zero-order valence-corrected chi connectivity index (χ0v) is 32.0. The molecule has 2 heterocycles. The summed E-state index contributed by atoms with van der Waals surface area (Å²) in [6.45, 7) is 5.78. The summed E-state index contributed by atoms with van der Waals surface area (Å²) in [4.78, 5) is 54.5. The number of likely N-dealkylation sites (tertiary alicyclic amines) is 2. The minimum atomic E-state index is -4.38. The Morgan fingerprint density at radius 2 is 1.30 bits per heavy atom. The highest BCUT2D eigenvalue weighted by molar-refractivity contribution is 7.91. The van der Waals surface area contributed by atoms with Crippen molar-refractivity contribution in [1.82, 2.24) is 19.2 Å². The van der Waals surface area contributed by atoms with Crippen molar-refractivity contribution < 1.29 is 40.4 Å². The van der Waals surface area contributed by atoms with Crippen LogP contribution in [0.1, 0.15) is 98.1 Å². The van der Waals surface area contributed by atoms with Crippen molar-refractivity contribution in [3.8, 4) is 0 Å². The fraction of sp³-hybridized carbons (Fsp3) is 0.556. The standard InChI is InChI=1S/C36H47FN6O8S2/c1-20(2)27-18-24(37)19-28(32(27)39-36(47)40-52(48,49)29-12-14-42(4)33(29)44)21(3)11-15-43-16-13-30(34(43)45)53(50,51)41-35(46)38-31-25-9-5-7-22(25)17-23-8-6-10-26(23)31/h17-21,29-30H,5-16H2,1-4H3,(H2,38,41,46)(H2,39,40,47). The predicted octanol–water partition coefficient (Wildman–Crippen LogP) is 3.85. The molecular weight excluding hydrogens is 728 g/mol. The third-order valence-electron chi connectivity index (χ3n) is 10.9. The van der Waals surface area contributed by atoms with E-state index in [9.17, 15) is 40.4 Å². The number of anilines is 2. The highest BCUT2D eigenvalue weighted by Gasteiger charge is 2.43. The van der Waals surface area contributed by atoms with Crippen molar-refractivity contribution in [2.45, 2.75) is 101 Å².